The van der Waals surface area contributed by atoms with Gasteiger partial charge in [-0.25, -0.2) is 4.98 Å². The molecule has 0 atom stereocenters. The third-order valence-corrected chi connectivity index (χ3v) is 3.53. The molecule has 1 aromatic heterocycles. The number of hydrogen-bond donors (Lipinski definition) is 1. The molecule has 0 aliphatic rings. The van der Waals surface area contributed by atoms with Crippen molar-refractivity contribution in [1.29, 1.82) is 0 Å². The molecule has 0 aliphatic carbocycles. The Morgan fingerprint density at radius 1 is 1.06 bits per heavy atom. The number of rotatable bonds is 1. The summed E-state index contributed by atoms with van der Waals surface area (Å²) in [5.74, 6) is 0.826. The number of aromatic amines is 1. The molecule has 0 saturated carbocycles. The van der Waals surface area contributed by atoms with Gasteiger partial charge in [0.15, 0.2) is 0 Å². The largest absolute Gasteiger partial charge is 0.338 e. The van der Waals surface area contributed by atoms with E-state index in [4.69, 9.17) is 23.2 Å². The van der Waals surface area contributed by atoms with Gasteiger partial charge in [-0.05, 0) is 48.9 Å². The van der Waals surface area contributed by atoms with E-state index in [0.717, 1.165) is 33.0 Å². The lowest BCUT2D eigenvalue weighted by Gasteiger charge is -2.00. The molecule has 18 heavy (non-hydrogen) atoms. The van der Waals surface area contributed by atoms with Crippen LogP contribution in [0.4, 0.5) is 0 Å². The summed E-state index contributed by atoms with van der Waals surface area (Å²) < 4.78 is 0. The summed E-state index contributed by atoms with van der Waals surface area (Å²) in [6, 6.07) is 11.5. The van der Waals surface area contributed by atoms with Crippen LogP contribution < -0.4 is 0 Å². The highest BCUT2D eigenvalue weighted by Gasteiger charge is 2.06. The summed E-state index contributed by atoms with van der Waals surface area (Å²) in [6.07, 6.45) is 0. The van der Waals surface area contributed by atoms with Gasteiger partial charge in [0.2, 0.25) is 0 Å². The lowest BCUT2D eigenvalue weighted by molar-refractivity contribution is 1.32. The highest BCUT2D eigenvalue weighted by atomic mass is 35.5. The number of halogens is 2. The van der Waals surface area contributed by atoms with E-state index in [1.807, 2.05) is 43.3 Å². The predicted octanol–water partition coefficient (Wildman–Crippen LogP) is 4.85. The minimum atomic E-state index is 0.699. The number of aryl methyl sites for hydroxylation is 1. The van der Waals surface area contributed by atoms with Crippen molar-refractivity contribution in [2.24, 2.45) is 0 Å². The molecule has 4 heteroatoms. The van der Waals surface area contributed by atoms with Crippen molar-refractivity contribution < 1.29 is 0 Å². The van der Waals surface area contributed by atoms with E-state index >= 15 is 0 Å². The van der Waals surface area contributed by atoms with Crippen molar-refractivity contribution in [3.63, 3.8) is 0 Å². The summed E-state index contributed by atoms with van der Waals surface area (Å²) in [6.45, 7) is 1.98. The van der Waals surface area contributed by atoms with Crippen molar-refractivity contribution in [2.45, 2.75) is 6.92 Å². The predicted molar refractivity (Wildman–Crippen MR) is 76.3 cm³/mol. The van der Waals surface area contributed by atoms with Crippen LogP contribution in [0.15, 0.2) is 36.4 Å². The Balaban J connectivity index is 2.16. The maximum absolute atomic E-state index is 6.02. The van der Waals surface area contributed by atoms with E-state index in [1.54, 1.807) is 0 Å². The van der Waals surface area contributed by atoms with E-state index in [0.29, 0.717) is 5.02 Å². The van der Waals surface area contributed by atoms with Gasteiger partial charge in [0.1, 0.15) is 5.82 Å². The van der Waals surface area contributed by atoms with Gasteiger partial charge in [-0.2, -0.15) is 0 Å². The molecule has 0 radical (unpaired) electrons. The molecule has 0 saturated heterocycles. The average molecular weight is 277 g/mol. The molecule has 2 nitrogen and oxygen atoms in total. The monoisotopic (exact) mass is 276 g/mol. The van der Waals surface area contributed by atoms with Crippen LogP contribution in [-0.4, -0.2) is 9.97 Å². The van der Waals surface area contributed by atoms with Crippen molar-refractivity contribution in [3.8, 4) is 11.4 Å². The molecule has 1 N–H and O–H groups in total. The first-order chi connectivity index (χ1) is 8.63. The molecule has 1 heterocycles. The number of benzene rings is 2. The second kappa shape index (κ2) is 4.30. The first-order valence-electron chi connectivity index (χ1n) is 5.55. The Morgan fingerprint density at radius 2 is 1.89 bits per heavy atom. The lowest BCUT2D eigenvalue weighted by Crippen LogP contribution is -1.82. The first kappa shape index (κ1) is 11.6. The highest BCUT2D eigenvalue weighted by molar-refractivity contribution is 6.31. The molecular weight excluding hydrogens is 267 g/mol. The molecule has 3 aromatic rings. The Labute approximate surface area is 115 Å². The summed E-state index contributed by atoms with van der Waals surface area (Å²) in [5, 5.41) is 1.46. The Hall–Kier alpha value is -1.51. The van der Waals surface area contributed by atoms with Gasteiger partial charge in [0.05, 0.1) is 11.0 Å². The maximum Gasteiger partial charge on any atom is 0.138 e. The first-order valence-corrected chi connectivity index (χ1v) is 6.31. The van der Waals surface area contributed by atoms with Gasteiger partial charge in [0.25, 0.3) is 0 Å². The number of nitrogens with zero attached hydrogens (tertiary/aromatic N) is 1. The van der Waals surface area contributed by atoms with Crippen molar-refractivity contribution in [2.75, 3.05) is 0 Å². The van der Waals surface area contributed by atoms with Crippen LogP contribution in [0.1, 0.15) is 5.56 Å². The minimum Gasteiger partial charge on any atom is -0.338 e. The zero-order valence-corrected chi connectivity index (χ0v) is 11.2. The molecule has 0 spiro atoms. The third kappa shape index (κ3) is 1.98. The Kier molecular flexibility index (Phi) is 2.77. The molecule has 2 aromatic carbocycles. The average Bonchev–Trinajstić information content (AvgIpc) is 2.75. The van der Waals surface area contributed by atoms with Crippen LogP contribution in [0.25, 0.3) is 22.4 Å². The van der Waals surface area contributed by atoms with E-state index < -0.39 is 0 Å². The third-order valence-electron chi connectivity index (χ3n) is 2.88. The summed E-state index contributed by atoms with van der Waals surface area (Å²) in [7, 11) is 0. The fourth-order valence-corrected chi connectivity index (χ4v) is 2.20. The van der Waals surface area contributed by atoms with Gasteiger partial charge in [-0.1, -0.05) is 23.2 Å². The molecule has 0 fully saturated rings. The van der Waals surface area contributed by atoms with Crippen LogP contribution in [0.2, 0.25) is 10.0 Å². The normalized spacial score (nSPS) is 11.1. The van der Waals surface area contributed by atoms with Gasteiger partial charge in [0, 0.05) is 15.6 Å². The molecule has 3 rings (SSSR count). The fourth-order valence-electron chi connectivity index (χ4n) is 1.91. The number of fused-ring (bicyclic) bond motifs is 1. The lowest BCUT2D eigenvalue weighted by atomic mass is 10.1. The standard InChI is InChI=1S/C14H10Cl2N2/c1-8-6-9(2-4-11(8)16)14-17-12-5-3-10(15)7-13(12)18-14/h2-7H,1H3,(H,17,18). The van der Waals surface area contributed by atoms with Crippen LogP contribution >= 0.6 is 23.2 Å². The smallest absolute Gasteiger partial charge is 0.138 e. The number of imidazole rings is 1. The molecule has 0 bridgehead atoms. The van der Waals surface area contributed by atoms with Crippen molar-refractivity contribution in [3.05, 3.63) is 52.0 Å². The van der Waals surface area contributed by atoms with E-state index in [9.17, 15) is 0 Å². The molecule has 0 unspecified atom stereocenters. The molecular formula is C14H10Cl2N2. The van der Waals surface area contributed by atoms with Crippen LogP contribution in [0.3, 0.4) is 0 Å². The zero-order valence-electron chi connectivity index (χ0n) is 9.67. The topological polar surface area (TPSA) is 28.7 Å². The number of nitrogens with one attached hydrogen (secondary N) is 1. The van der Waals surface area contributed by atoms with E-state index in [1.165, 1.54) is 0 Å². The molecule has 90 valence electrons. The van der Waals surface area contributed by atoms with Crippen molar-refractivity contribution >= 4 is 34.2 Å². The second-order valence-corrected chi connectivity index (χ2v) is 5.05. The quantitative estimate of drug-likeness (QED) is 0.677. The Bertz CT molecular complexity index is 732. The van der Waals surface area contributed by atoms with Crippen LogP contribution in [-0.2, 0) is 0 Å². The van der Waals surface area contributed by atoms with Gasteiger partial charge >= 0.3 is 0 Å². The number of H-pyrrole nitrogens is 1. The highest BCUT2D eigenvalue weighted by Crippen LogP contribution is 2.25. The van der Waals surface area contributed by atoms with Crippen molar-refractivity contribution in [1.82, 2.24) is 9.97 Å². The Morgan fingerprint density at radius 3 is 2.67 bits per heavy atom. The molecule has 0 aliphatic heterocycles. The SMILES string of the molecule is Cc1cc(-c2nc3ccc(Cl)cc3[nH]2)ccc1Cl. The van der Waals surface area contributed by atoms with E-state index in [-0.39, 0.29) is 0 Å². The summed E-state index contributed by atoms with van der Waals surface area (Å²) >= 11 is 12.0. The van der Waals surface area contributed by atoms with Gasteiger partial charge in [-0.3, -0.25) is 0 Å². The minimum absolute atomic E-state index is 0.699. The van der Waals surface area contributed by atoms with Crippen LogP contribution in [0.5, 0.6) is 0 Å². The van der Waals surface area contributed by atoms with E-state index in [2.05, 4.69) is 9.97 Å². The summed E-state index contributed by atoms with van der Waals surface area (Å²) in [4.78, 5) is 7.80. The van der Waals surface area contributed by atoms with Crippen LogP contribution in [0, 0.1) is 6.92 Å². The zero-order chi connectivity index (χ0) is 12.7. The second-order valence-electron chi connectivity index (χ2n) is 4.21. The maximum atomic E-state index is 6.02. The molecule has 0 amide bonds. The fraction of sp³-hybridized carbons (Fsp3) is 0.0714. The summed E-state index contributed by atoms with van der Waals surface area (Å²) in [5.41, 5.74) is 3.89. The van der Waals surface area contributed by atoms with Gasteiger partial charge < -0.3 is 4.98 Å². The number of hydrogen-bond acceptors (Lipinski definition) is 1. The number of aromatic nitrogens is 2. The van der Waals surface area contributed by atoms with Gasteiger partial charge in [-0.15, -0.1) is 0 Å².